The maximum Gasteiger partial charge on any atom is 0.411 e. The summed E-state index contributed by atoms with van der Waals surface area (Å²) >= 11 is 0. The summed E-state index contributed by atoms with van der Waals surface area (Å²) in [4.78, 5) is 33.2. The van der Waals surface area contributed by atoms with Gasteiger partial charge in [-0.2, -0.15) is 4.98 Å². The van der Waals surface area contributed by atoms with Gasteiger partial charge in [-0.1, -0.05) is 26.7 Å². The topological polar surface area (TPSA) is 127 Å². The van der Waals surface area contributed by atoms with Crippen LogP contribution in [-0.2, 0) is 9.47 Å². The number of rotatable bonds is 7. The zero-order chi connectivity index (χ0) is 22.0. The molecule has 1 fully saturated rings. The number of hydrogen-bond acceptors (Lipinski definition) is 8. The molecule has 0 radical (unpaired) electrons. The Morgan fingerprint density at radius 1 is 1.45 bits per heavy atom. The lowest BCUT2D eigenvalue weighted by Gasteiger charge is -2.19. The summed E-state index contributed by atoms with van der Waals surface area (Å²) in [5.41, 5.74) is -0.207. The fourth-order valence-corrected chi connectivity index (χ4v) is 4.08. The highest BCUT2D eigenvalue weighted by molar-refractivity contribution is 6.12. The quantitative estimate of drug-likeness (QED) is 0.577. The molecule has 3 N–H and O–H groups in total. The van der Waals surface area contributed by atoms with E-state index in [9.17, 15) is 14.7 Å². The van der Waals surface area contributed by atoms with Gasteiger partial charge in [0.2, 0.25) is 0 Å². The zero-order valence-electron chi connectivity index (χ0n) is 17.6. The molecular formula is C21H27N5O5. The number of nitrogens with one attached hydrogen (secondary N) is 2. The van der Waals surface area contributed by atoms with Crippen LogP contribution in [-0.4, -0.2) is 46.4 Å². The van der Waals surface area contributed by atoms with Crippen LogP contribution >= 0.6 is 0 Å². The molecule has 2 aliphatic heterocycles. The number of aromatic nitrogens is 2. The minimum atomic E-state index is -0.627. The smallest absolute Gasteiger partial charge is 0.411 e. The number of aliphatic hydroxyl groups excluding tert-OH is 1. The van der Waals surface area contributed by atoms with E-state index in [-0.39, 0.29) is 24.9 Å². The van der Waals surface area contributed by atoms with Gasteiger partial charge in [0.1, 0.15) is 17.9 Å². The SMILES string of the molecule is CCCCCOC(=O)Nc1cc(=O)nc2c3c(n([C@@H]4O[C@H](CO)C[C@@H]4C)cc13)N=CN2. The van der Waals surface area contributed by atoms with E-state index in [1.54, 1.807) is 6.20 Å². The van der Waals surface area contributed by atoms with E-state index in [4.69, 9.17) is 9.47 Å². The molecule has 10 heteroatoms. The molecule has 31 heavy (non-hydrogen) atoms. The van der Waals surface area contributed by atoms with E-state index in [1.807, 2.05) is 11.5 Å². The van der Waals surface area contributed by atoms with Crippen molar-refractivity contribution in [2.75, 3.05) is 23.8 Å². The van der Waals surface area contributed by atoms with Crippen LogP contribution < -0.4 is 16.2 Å². The molecule has 166 valence electrons. The monoisotopic (exact) mass is 429 g/mol. The van der Waals surface area contributed by atoms with Crippen molar-refractivity contribution in [1.29, 1.82) is 0 Å². The third-order valence-electron chi connectivity index (χ3n) is 5.56. The van der Waals surface area contributed by atoms with Crippen LogP contribution in [0.1, 0.15) is 45.8 Å². The Labute approximate surface area is 179 Å². The summed E-state index contributed by atoms with van der Waals surface area (Å²) in [6, 6.07) is 1.27. The highest BCUT2D eigenvalue weighted by atomic mass is 16.5. The van der Waals surface area contributed by atoms with Gasteiger partial charge < -0.3 is 24.5 Å². The van der Waals surface area contributed by atoms with Crippen molar-refractivity contribution >= 4 is 40.5 Å². The number of hydrogen-bond donors (Lipinski definition) is 3. The molecule has 0 saturated carbocycles. The van der Waals surface area contributed by atoms with Crippen LogP contribution in [0.15, 0.2) is 22.1 Å². The number of amides is 1. The van der Waals surface area contributed by atoms with Crippen molar-refractivity contribution < 1.29 is 19.4 Å². The predicted molar refractivity (Wildman–Crippen MR) is 117 cm³/mol. The Balaban J connectivity index is 1.73. The van der Waals surface area contributed by atoms with Crippen LogP contribution in [0, 0.1) is 5.92 Å². The molecule has 1 amide bonds. The summed E-state index contributed by atoms with van der Waals surface area (Å²) < 4.78 is 13.1. The van der Waals surface area contributed by atoms with Gasteiger partial charge in [-0.3, -0.25) is 10.1 Å². The third-order valence-corrected chi connectivity index (χ3v) is 5.56. The number of aliphatic imine (C=N–C) groups is 1. The lowest BCUT2D eigenvalue weighted by Crippen LogP contribution is -2.16. The minimum absolute atomic E-state index is 0.0558. The van der Waals surface area contributed by atoms with E-state index in [0.717, 1.165) is 25.7 Å². The second-order valence-corrected chi connectivity index (χ2v) is 7.92. The highest BCUT2D eigenvalue weighted by Gasteiger charge is 2.35. The number of carbonyl (C=O) groups excluding carboxylic acids is 1. The van der Waals surface area contributed by atoms with Crippen molar-refractivity contribution in [3.8, 4) is 0 Å². The van der Waals surface area contributed by atoms with Gasteiger partial charge in [-0.15, -0.1) is 0 Å². The van der Waals surface area contributed by atoms with Crippen LogP contribution in [0.2, 0.25) is 0 Å². The Kier molecular flexibility index (Phi) is 6.19. The molecule has 1 saturated heterocycles. The lowest BCUT2D eigenvalue weighted by molar-refractivity contribution is -0.0299. The second kappa shape index (κ2) is 9.03. The van der Waals surface area contributed by atoms with Crippen LogP contribution in [0.3, 0.4) is 0 Å². The molecular weight excluding hydrogens is 402 g/mol. The van der Waals surface area contributed by atoms with Gasteiger partial charge in [0, 0.05) is 23.6 Å². The lowest BCUT2D eigenvalue weighted by atomic mass is 10.1. The molecule has 0 unspecified atom stereocenters. The van der Waals surface area contributed by atoms with E-state index < -0.39 is 11.7 Å². The molecule has 4 rings (SSSR count). The van der Waals surface area contributed by atoms with Crippen molar-refractivity contribution in [3.63, 3.8) is 0 Å². The largest absolute Gasteiger partial charge is 0.449 e. The van der Waals surface area contributed by atoms with Crippen molar-refractivity contribution in [1.82, 2.24) is 9.55 Å². The van der Waals surface area contributed by atoms with Gasteiger partial charge in [-0.25, -0.2) is 9.79 Å². The first-order chi connectivity index (χ1) is 15.0. The Hall–Kier alpha value is -2.98. The predicted octanol–water partition coefficient (Wildman–Crippen LogP) is 3.14. The molecule has 0 aliphatic carbocycles. The second-order valence-electron chi connectivity index (χ2n) is 7.92. The van der Waals surface area contributed by atoms with Crippen molar-refractivity contribution in [2.45, 2.75) is 51.9 Å². The molecule has 0 spiro atoms. The maximum absolute atomic E-state index is 12.3. The van der Waals surface area contributed by atoms with E-state index in [1.165, 1.54) is 12.4 Å². The van der Waals surface area contributed by atoms with Crippen LogP contribution in [0.5, 0.6) is 0 Å². The first-order valence-electron chi connectivity index (χ1n) is 10.6. The summed E-state index contributed by atoms with van der Waals surface area (Å²) in [5.74, 6) is 1.07. The molecule has 10 nitrogen and oxygen atoms in total. The average Bonchev–Trinajstić information content (AvgIpc) is 3.27. The van der Waals surface area contributed by atoms with E-state index in [2.05, 4.69) is 27.5 Å². The molecule has 3 atom stereocenters. The number of ether oxygens (including phenoxy) is 2. The first-order valence-corrected chi connectivity index (χ1v) is 10.6. The summed E-state index contributed by atoms with van der Waals surface area (Å²) in [5, 5.41) is 16.3. The molecule has 0 aromatic carbocycles. The fourth-order valence-electron chi connectivity index (χ4n) is 4.08. The standard InChI is InChI=1S/C21H27N5O5/c1-3-4-5-6-30-21(29)24-15-8-16(28)25-18-17-14(15)9-26(19(17)23-11-22-18)20-12(2)7-13(10-27)31-20/h8-9,11-13,20,27H,3-7,10H2,1-2H3,(H,24,29)(H,22,23,25,28)/t12-,13-,20+/m0/s1. The van der Waals surface area contributed by atoms with E-state index >= 15 is 0 Å². The number of carbonyl (C=O) groups is 1. The van der Waals surface area contributed by atoms with E-state index in [0.29, 0.717) is 34.7 Å². The highest BCUT2D eigenvalue weighted by Crippen LogP contribution is 2.43. The third kappa shape index (κ3) is 4.26. The fraction of sp³-hybridized carbons (Fsp3) is 0.524. The minimum Gasteiger partial charge on any atom is -0.449 e. The molecule has 2 aromatic rings. The Morgan fingerprint density at radius 2 is 2.29 bits per heavy atom. The Morgan fingerprint density at radius 3 is 3.03 bits per heavy atom. The van der Waals surface area contributed by atoms with Gasteiger partial charge in [0.15, 0.2) is 0 Å². The van der Waals surface area contributed by atoms with Gasteiger partial charge in [0.05, 0.1) is 36.7 Å². The van der Waals surface area contributed by atoms with Gasteiger partial charge in [-0.05, 0) is 12.8 Å². The number of aliphatic hydroxyl groups is 1. The van der Waals surface area contributed by atoms with Crippen molar-refractivity contribution in [3.05, 3.63) is 22.6 Å². The maximum atomic E-state index is 12.3. The summed E-state index contributed by atoms with van der Waals surface area (Å²) in [7, 11) is 0. The Bertz CT molecular complexity index is 1070. The van der Waals surface area contributed by atoms with Crippen LogP contribution in [0.4, 0.5) is 22.1 Å². The van der Waals surface area contributed by atoms with Gasteiger partial charge >= 0.3 is 6.09 Å². The first kappa shape index (κ1) is 21.3. The zero-order valence-corrected chi connectivity index (χ0v) is 17.6. The number of unbranched alkanes of at least 4 members (excludes halogenated alkanes) is 2. The molecule has 4 heterocycles. The summed E-state index contributed by atoms with van der Waals surface area (Å²) in [6.07, 6.45) is 5.55. The number of nitrogens with zero attached hydrogens (tertiary/aromatic N) is 3. The normalized spacial score (nSPS) is 21.8. The summed E-state index contributed by atoms with van der Waals surface area (Å²) in [6.45, 7) is 4.37. The van der Waals surface area contributed by atoms with Crippen LogP contribution in [0.25, 0.3) is 10.8 Å². The number of anilines is 2. The average molecular weight is 429 g/mol. The molecule has 2 aromatic heterocycles. The van der Waals surface area contributed by atoms with Crippen molar-refractivity contribution in [2.24, 2.45) is 10.9 Å². The molecule has 0 bridgehead atoms. The molecule has 2 aliphatic rings. The van der Waals surface area contributed by atoms with Gasteiger partial charge in [0.25, 0.3) is 5.56 Å².